The number of rotatable bonds is 5. The molecule has 50 heavy (non-hydrogen) atoms. The summed E-state index contributed by atoms with van der Waals surface area (Å²) in [6.07, 6.45) is 0. The summed E-state index contributed by atoms with van der Waals surface area (Å²) >= 11 is 0. The van der Waals surface area contributed by atoms with Gasteiger partial charge in [-0.3, -0.25) is 0 Å². The Morgan fingerprint density at radius 1 is 0.300 bits per heavy atom. The van der Waals surface area contributed by atoms with Gasteiger partial charge in [-0.25, -0.2) is 15.0 Å². The topological polar surface area (TPSA) is 65.0 Å². The van der Waals surface area contributed by atoms with Crippen molar-refractivity contribution in [2.24, 2.45) is 0 Å². The van der Waals surface area contributed by atoms with Gasteiger partial charge in [0.2, 0.25) is 0 Å². The van der Waals surface area contributed by atoms with E-state index < -0.39 is 0 Å². The lowest BCUT2D eigenvalue weighted by Gasteiger charge is -2.10. The Bertz CT molecular complexity index is 2870. The lowest BCUT2D eigenvalue weighted by molar-refractivity contribution is 0.668. The SMILES string of the molecule is c1ccc(-c2cccc(-c3nc(-c4ccc5c(c4)oc4ccccc45)nc(-c4ccc5c(c4)oc4cccc(-c6ccccc6)c45)n3)c2)cc1. The first kappa shape index (κ1) is 28.2. The van der Waals surface area contributed by atoms with E-state index in [1.54, 1.807) is 0 Å². The van der Waals surface area contributed by atoms with Crippen molar-refractivity contribution in [2.45, 2.75) is 0 Å². The number of hydrogen-bond acceptors (Lipinski definition) is 5. The molecule has 0 amide bonds. The molecule has 0 aliphatic rings. The molecule has 7 aromatic carbocycles. The summed E-state index contributed by atoms with van der Waals surface area (Å²) in [4.78, 5) is 15.2. The molecule has 0 spiro atoms. The van der Waals surface area contributed by atoms with Gasteiger partial charge in [-0.05, 0) is 64.7 Å². The van der Waals surface area contributed by atoms with Gasteiger partial charge in [0.25, 0.3) is 0 Å². The van der Waals surface area contributed by atoms with Gasteiger partial charge in [0.05, 0.1) is 0 Å². The molecule has 0 fully saturated rings. The van der Waals surface area contributed by atoms with E-state index in [0.717, 1.165) is 82.8 Å². The third-order valence-corrected chi connectivity index (χ3v) is 9.34. The van der Waals surface area contributed by atoms with Crippen LogP contribution in [0.25, 0.3) is 100 Å². The molecular formula is C45H27N3O2. The first-order valence-electron chi connectivity index (χ1n) is 16.6. The third kappa shape index (κ3) is 4.75. The number of para-hydroxylation sites is 1. The molecule has 5 heteroatoms. The quantitative estimate of drug-likeness (QED) is 0.187. The molecule has 0 saturated heterocycles. The zero-order valence-corrected chi connectivity index (χ0v) is 26.7. The summed E-state index contributed by atoms with van der Waals surface area (Å²) in [5, 5.41) is 4.27. The Morgan fingerprint density at radius 2 is 0.800 bits per heavy atom. The maximum atomic E-state index is 6.46. The van der Waals surface area contributed by atoms with Crippen LogP contribution >= 0.6 is 0 Å². The second kappa shape index (κ2) is 11.4. The van der Waals surface area contributed by atoms with E-state index in [4.69, 9.17) is 23.8 Å². The first-order chi connectivity index (χ1) is 24.7. The van der Waals surface area contributed by atoms with Crippen molar-refractivity contribution in [3.8, 4) is 56.4 Å². The molecular weight excluding hydrogens is 615 g/mol. The second-order valence-corrected chi connectivity index (χ2v) is 12.4. The molecule has 0 aliphatic carbocycles. The molecule has 0 saturated carbocycles. The number of benzene rings is 7. The van der Waals surface area contributed by atoms with Gasteiger partial charge < -0.3 is 8.83 Å². The summed E-state index contributed by atoms with van der Waals surface area (Å²) in [5.74, 6) is 1.71. The first-order valence-corrected chi connectivity index (χ1v) is 16.6. The highest BCUT2D eigenvalue weighted by Gasteiger charge is 2.18. The van der Waals surface area contributed by atoms with Crippen LogP contribution in [0.3, 0.4) is 0 Å². The number of aromatic nitrogens is 3. The minimum absolute atomic E-state index is 0.561. The van der Waals surface area contributed by atoms with E-state index in [-0.39, 0.29) is 0 Å². The molecule has 10 rings (SSSR count). The highest BCUT2D eigenvalue weighted by Crippen LogP contribution is 2.39. The summed E-state index contributed by atoms with van der Waals surface area (Å²) < 4.78 is 12.7. The predicted molar refractivity (Wildman–Crippen MR) is 202 cm³/mol. The zero-order chi connectivity index (χ0) is 33.0. The fourth-order valence-electron chi connectivity index (χ4n) is 6.92. The van der Waals surface area contributed by atoms with Crippen LogP contribution in [-0.2, 0) is 0 Å². The monoisotopic (exact) mass is 641 g/mol. The van der Waals surface area contributed by atoms with Gasteiger partial charge in [0.1, 0.15) is 22.3 Å². The van der Waals surface area contributed by atoms with E-state index in [9.17, 15) is 0 Å². The predicted octanol–water partition coefficient (Wildman–Crippen LogP) is 12.0. The maximum Gasteiger partial charge on any atom is 0.164 e. The number of fused-ring (bicyclic) bond motifs is 6. The average Bonchev–Trinajstić information content (AvgIpc) is 3.76. The van der Waals surface area contributed by atoms with Crippen LogP contribution in [-0.4, -0.2) is 15.0 Å². The fourth-order valence-corrected chi connectivity index (χ4v) is 6.92. The fraction of sp³-hybridized carbons (Fsp3) is 0. The van der Waals surface area contributed by atoms with E-state index in [0.29, 0.717) is 17.5 Å². The minimum Gasteiger partial charge on any atom is -0.456 e. The lowest BCUT2D eigenvalue weighted by Crippen LogP contribution is -2.00. The van der Waals surface area contributed by atoms with Gasteiger partial charge in [0.15, 0.2) is 17.5 Å². The van der Waals surface area contributed by atoms with Gasteiger partial charge in [0, 0.05) is 38.2 Å². The van der Waals surface area contributed by atoms with E-state index in [1.165, 1.54) is 0 Å². The summed E-state index contributed by atoms with van der Waals surface area (Å²) in [6.45, 7) is 0. The van der Waals surface area contributed by atoms with Crippen LogP contribution in [0.4, 0.5) is 0 Å². The van der Waals surface area contributed by atoms with Crippen molar-refractivity contribution in [3.05, 3.63) is 164 Å². The van der Waals surface area contributed by atoms with Crippen LogP contribution in [0, 0.1) is 0 Å². The Labute approximate surface area is 287 Å². The summed E-state index contributed by atoms with van der Waals surface area (Å²) in [7, 11) is 0. The van der Waals surface area contributed by atoms with Crippen molar-refractivity contribution in [2.75, 3.05) is 0 Å². The Balaban J connectivity index is 1.15. The zero-order valence-electron chi connectivity index (χ0n) is 26.7. The Morgan fingerprint density at radius 3 is 1.54 bits per heavy atom. The standard InChI is InChI=1S/C45H27N3O2/c1-3-11-28(12-4-1)30-15-9-16-31(25-30)43-46-44(32-21-23-36-35-17-7-8-19-38(35)49-40(36)26-32)48-45(47-43)33-22-24-37-41(27-33)50-39-20-10-18-34(42(37)39)29-13-5-2-6-14-29/h1-27H. The van der Waals surface area contributed by atoms with Gasteiger partial charge in [-0.1, -0.05) is 121 Å². The smallest absolute Gasteiger partial charge is 0.164 e. The number of nitrogens with zero attached hydrogens (tertiary/aromatic N) is 3. The molecule has 0 radical (unpaired) electrons. The number of furan rings is 2. The molecule has 10 aromatic rings. The highest BCUT2D eigenvalue weighted by molar-refractivity contribution is 6.13. The van der Waals surface area contributed by atoms with Crippen LogP contribution < -0.4 is 0 Å². The minimum atomic E-state index is 0.561. The average molecular weight is 642 g/mol. The van der Waals surface area contributed by atoms with Crippen molar-refractivity contribution in [3.63, 3.8) is 0 Å². The normalized spacial score (nSPS) is 11.6. The van der Waals surface area contributed by atoms with Crippen LogP contribution in [0.5, 0.6) is 0 Å². The van der Waals surface area contributed by atoms with Crippen molar-refractivity contribution in [1.29, 1.82) is 0 Å². The van der Waals surface area contributed by atoms with E-state index in [2.05, 4.69) is 84.9 Å². The molecule has 0 aliphatic heterocycles. The molecule has 5 nitrogen and oxygen atoms in total. The molecule has 3 aromatic heterocycles. The van der Waals surface area contributed by atoms with E-state index >= 15 is 0 Å². The third-order valence-electron chi connectivity index (χ3n) is 9.34. The molecule has 0 bridgehead atoms. The summed E-state index contributed by atoms with van der Waals surface area (Å²) in [5.41, 5.74) is 10.3. The van der Waals surface area contributed by atoms with Gasteiger partial charge in [-0.15, -0.1) is 0 Å². The van der Waals surface area contributed by atoms with E-state index in [1.807, 2.05) is 78.9 Å². The van der Waals surface area contributed by atoms with Crippen molar-refractivity contribution in [1.82, 2.24) is 15.0 Å². The van der Waals surface area contributed by atoms with Crippen molar-refractivity contribution >= 4 is 43.9 Å². The second-order valence-electron chi connectivity index (χ2n) is 12.4. The van der Waals surface area contributed by atoms with Crippen LogP contribution in [0.2, 0.25) is 0 Å². The van der Waals surface area contributed by atoms with Crippen LogP contribution in [0.1, 0.15) is 0 Å². The Kier molecular flexibility index (Phi) is 6.42. The Hall–Kier alpha value is -6.85. The van der Waals surface area contributed by atoms with Crippen molar-refractivity contribution < 1.29 is 8.83 Å². The van der Waals surface area contributed by atoms with Gasteiger partial charge >= 0.3 is 0 Å². The summed E-state index contributed by atoms with van der Waals surface area (Å²) in [6, 6.07) is 55.8. The molecule has 0 unspecified atom stereocenters. The van der Waals surface area contributed by atoms with Crippen LogP contribution in [0.15, 0.2) is 173 Å². The molecule has 234 valence electrons. The van der Waals surface area contributed by atoms with Gasteiger partial charge in [-0.2, -0.15) is 0 Å². The largest absolute Gasteiger partial charge is 0.456 e. The lowest BCUT2D eigenvalue weighted by atomic mass is 9.99. The number of hydrogen-bond donors (Lipinski definition) is 0. The molecule has 0 atom stereocenters. The highest BCUT2D eigenvalue weighted by atomic mass is 16.3. The maximum absolute atomic E-state index is 6.46. The molecule has 0 N–H and O–H groups in total. The molecule has 3 heterocycles.